The van der Waals surface area contributed by atoms with Gasteiger partial charge in [0.05, 0.1) is 5.41 Å². The van der Waals surface area contributed by atoms with Crippen molar-refractivity contribution in [3.05, 3.63) is 34.9 Å². The zero-order chi connectivity index (χ0) is 14.9. The monoisotopic (exact) mass is 287 g/mol. The molecule has 1 aromatic carbocycles. The highest BCUT2D eigenvalue weighted by atomic mass is 16.4. The summed E-state index contributed by atoms with van der Waals surface area (Å²) in [5, 5.41) is 9.57. The van der Waals surface area contributed by atoms with E-state index >= 15 is 0 Å². The SMILES string of the molecule is CCC1(C(=O)O)CCCN(Cc2ccc3c(c2)CCC3)C1. The van der Waals surface area contributed by atoms with E-state index in [0.717, 1.165) is 32.4 Å². The summed E-state index contributed by atoms with van der Waals surface area (Å²) < 4.78 is 0. The highest BCUT2D eigenvalue weighted by molar-refractivity contribution is 5.75. The first-order valence-electron chi connectivity index (χ1n) is 8.19. The van der Waals surface area contributed by atoms with E-state index < -0.39 is 11.4 Å². The molecule has 1 unspecified atom stereocenters. The first kappa shape index (κ1) is 14.6. The van der Waals surface area contributed by atoms with Crippen LogP contribution in [-0.2, 0) is 24.2 Å². The molecule has 3 nitrogen and oxygen atoms in total. The van der Waals surface area contributed by atoms with Crippen molar-refractivity contribution < 1.29 is 9.90 Å². The predicted octanol–water partition coefficient (Wildman–Crippen LogP) is 3.25. The number of likely N-dealkylation sites (tertiary alicyclic amines) is 1. The number of benzene rings is 1. The van der Waals surface area contributed by atoms with Gasteiger partial charge in [-0.3, -0.25) is 9.69 Å². The van der Waals surface area contributed by atoms with Crippen molar-refractivity contribution in [3.63, 3.8) is 0 Å². The maximum atomic E-state index is 11.6. The normalized spacial score (nSPS) is 25.8. The van der Waals surface area contributed by atoms with Crippen LogP contribution >= 0.6 is 0 Å². The number of carbonyl (C=O) groups is 1. The summed E-state index contributed by atoms with van der Waals surface area (Å²) in [6, 6.07) is 6.84. The van der Waals surface area contributed by atoms with Crippen molar-refractivity contribution in [1.29, 1.82) is 0 Å². The van der Waals surface area contributed by atoms with Crippen LogP contribution < -0.4 is 0 Å². The first-order valence-corrected chi connectivity index (χ1v) is 8.19. The average molecular weight is 287 g/mol. The Morgan fingerprint density at radius 3 is 2.86 bits per heavy atom. The molecule has 1 aliphatic carbocycles. The predicted molar refractivity (Wildman–Crippen MR) is 83.3 cm³/mol. The number of aryl methyl sites for hydroxylation is 2. The molecule has 0 radical (unpaired) electrons. The van der Waals surface area contributed by atoms with E-state index in [1.54, 1.807) is 0 Å². The van der Waals surface area contributed by atoms with E-state index in [1.807, 2.05) is 6.92 Å². The van der Waals surface area contributed by atoms with E-state index in [-0.39, 0.29) is 0 Å². The first-order chi connectivity index (χ1) is 10.1. The fourth-order valence-electron chi connectivity index (χ4n) is 3.96. The van der Waals surface area contributed by atoms with Gasteiger partial charge in [0.2, 0.25) is 0 Å². The summed E-state index contributed by atoms with van der Waals surface area (Å²) >= 11 is 0. The number of carboxylic acids is 1. The van der Waals surface area contributed by atoms with Gasteiger partial charge in [-0.25, -0.2) is 0 Å². The summed E-state index contributed by atoms with van der Waals surface area (Å²) in [5.41, 5.74) is 3.82. The molecule has 0 saturated carbocycles. The van der Waals surface area contributed by atoms with Crippen molar-refractivity contribution in [2.75, 3.05) is 13.1 Å². The third-order valence-electron chi connectivity index (χ3n) is 5.36. The van der Waals surface area contributed by atoms with Crippen molar-refractivity contribution in [3.8, 4) is 0 Å². The third kappa shape index (κ3) is 2.84. The minimum atomic E-state index is -0.622. The van der Waals surface area contributed by atoms with E-state index in [2.05, 4.69) is 23.1 Å². The Balaban J connectivity index is 1.71. The van der Waals surface area contributed by atoms with Crippen molar-refractivity contribution in [1.82, 2.24) is 4.90 Å². The Hall–Kier alpha value is -1.35. The summed E-state index contributed by atoms with van der Waals surface area (Å²) in [5.74, 6) is -0.622. The minimum absolute atomic E-state index is 0.533. The molecule has 21 heavy (non-hydrogen) atoms. The summed E-state index contributed by atoms with van der Waals surface area (Å²) in [7, 11) is 0. The van der Waals surface area contributed by atoms with Gasteiger partial charge in [0.25, 0.3) is 0 Å². The highest BCUT2D eigenvalue weighted by Gasteiger charge is 2.40. The van der Waals surface area contributed by atoms with Crippen LogP contribution in [-0.4, -0.2) is 29.1 Å². The van der Waals surface area contributed by atoms with E-state index in [1.165, 1.54) is 36.0 Å². The molecule has 3 rings (SSSR count). The molecule has 0 bridgehead atoms. The Labute approximate surface area is 127 Å². The van der Waals surface area contributed by atoms with Gasteiger partial charge in [-0.15, -0.1) is 0 Å². The number of hydrogen-bond acceptors (Lipinski definition) is 2. The molecule has 1 aromatic rings. The second-order valence-electron chi connectivity index (χ2n) is 6.71. The smallest absolute Gasteiger partial charge is 0.310 e. The molecule has 1 aliphatic heterocycles. The zero-order valence-electron chi connectivity index (χ0n) is 12.9. The molecule has 1 fully saturated rings. The third-order valence-corrected chi connectivity index (χ3v) is 5.36. The lowest BCUT2D eigenvalue weighted by molar-refractivity contribution is -0.153. The van der Waals surface area contributed by atoms with Gasteiger partial charge in [0.15, 0.2) is 0 Å². The van der Waals surface area contributed by atoms with Crippen LogP contribution in [0.5, 0.6) is 0 Å². The number of rotatable bonds is 4. The summed E-state index contributed by atoms with van der Waals surface area (Å²) in [6.07, 6.45) is 6.24. The van der Waals surface area contributed by atoms with Gasteiger partial charge in [0, 0.05) is 13.1 Å². The molecule has 3 heteroatoms. The largest absolute Gasteiger partial charge is 0.481 e. The number of hydrogen-bond donors (Lipinski definition) is 1. The molecular formula is C18H25NO2. The molecule has 2 aliphatic rings. The molecule has 0 amide bonds. The van der Waals surface area contributed by atoms with Crippen LogP contribution in [0.2, 0.25) is 0 Å². The van der Waals surface area contributed by atoms with Crippen LogP contribution in [0.1, 0.15) is 49.3 Å². The van der Waals surface area contributed by atoms with Crippen LogP contribution in [0.15, 0.2) is 18.2 Å². The number of carboxylic acid groups (broad SMARTS) is 1. The minimum Gasteiger partial charge on any atom is -0.481 e. The Morgan fingerprint density at radius 1 is 1.29 bits per heavy atom. The van der Waals surface area contributed by atoms with Crippen molar-refractivity contribution >= 4 is 5.97 Å². The van der Waals surface area contributed by atoms with E-state index in [0.29, 0.717) is 6.54 Å². The molecule has 1 heterocycles. The highest BCUT2D eigenvalue weighted by Crippen LogP contribution is 2.34. The van der Waals surface area contributed by atoms with Gasteiger partial charge in [-0.1, -0.05) is 25.1 Å². The average Bonchev–Trinajstić information content (AvgIpc) is 2.94. The number of aliphatic carboxylic acids is 1. The molecule has 114 valence electrons. The van der Waals surface area contributed by atoms with Crippen LogP contribution in [0.3, 0.4) is 0 Å². The van der Waals surface area contributed by atoms with E-state index in [4.69, 9.17) is 0 Å². The molecule has 1 N–H and O–H groups in total. The lowest BCUT2D eigenvalue weighted by Crippen LogP contribution is -2.47. The molecular weight excluding hydrogens is 262 g/mol. The number of nitrogens with zero attached hydrogens (tertiary/aromatic N) is 1. The Morgan fingerprint density at radius 2 is 2.10 bits per heavy atom. The zero-order valence-corrected chi connectivity index (χ0v) is 12.9. The lowest BCUT2D eigenvalue weighted by atomic mass is 9.77. The van der Waals surface area contributed by atoms with Gasteiger partial charge in [0.1, 0.15) is 0 Å². The van der Waals surface area contributed by atoms with Gasteiger partial charge >= 0.3 is 5.97 Å². The Kier molecular flexibility index (Phi) is 4.03. The van der Waals surface area contributed by atoms with Crippen LogP contribution in [0.25, 0.3) is 0 Å². The fraction of sp³-hybridized carbons (Fsp3) is 0.611. The number of piperidine rings is 1. The van der Waals surface area contributed by atoms with Crippen LogP contribution in [0, 0.1) is 5.41 Å². The maximum Gasteiger partial charge on any atom is 0.310 e. The Bertz CT molecular complexity index is 540. The second-order valence-corrected chi connectivity index (χ2v) is 6.71. The van der Waals surface area contributed by atoms with Gasteiger partial charge < -0.3 is 5.11 Å². The second kappa shape index (κ2) is 5.80. The topological polar surface area (TPSA) is 40.5 Å². The van der Waals surface area contributed by atoms with E-state index in [9.17, 15) is 9.90 Å². The molecule has 0 aromatic heterocycles. The summed E-state index contributed by atoms with van der Waals surface area (Å²) in [6.45, 7) is 4.61. The molecule has 1 saturated heterocycles. The molecule has 1 atom stereocenters. The van der Waals surface area contributed by atoms with Gasteiger partial charge in [-0.2, -0.15) is 0 Å². The van der Waals surface area contributed by atoms with Crippen molar-refractivity contribution in [2.24, 2.45) is 5.41 Å². The fourth-order valence-corrected chi connectivity index (χ4v) is 3.96. The summed E-state index contributed by atoms with van der Waals surface area (Å²) in [4.78, 5) is 14.0. The van der Waals surface area contributed by atoms with Gasteiger partial charge in [-0.05, 0) is 61.8 Å². The number of fused-ring (bicyclic) bond motifs is 1. The van der Waals surface area contributed by atoms with Crippen LogP contribution in [0.4, 0.5) is 0 Å². The quantitative estimate of drug-likeness (QED) is 0.924. The lowest BCUT2D eigenvalue weighted by Gasteiger charge is -2.39. The standard InChI is InChI=1S/C18H25NO2/c1-2-18(17(20)21)9-4-10-19(13-18)12-14-7-8-15-5-3-6-16(15)11-14/h7-8,11H,2-6,9-10,12-13H2,1H3,(H,20,21). The molecule has 0 spiro atoms. The maximum absolute atomic E-state index is 11.6. The van der Waals surface area contributed by atoms with Crippen molar-refractivity contribution in [2.45, 2.75) is 52.0 Å².